The summed E-state index contributed by atoms with van der Waals surface area (Å²) in [7, 11) is 0. The second-order valence-electron chi connectivity index (χ2n) is 6.71. The van der Waals surface area contributed by atoms with Crippen molar-refractivity contribution in [3.05, 3.63) is 89.5 Å². The molecule has 0 saturated carbocycles. The maximum absolute atomic E-state index is 5.35. The Morgan fingerprint density at radius 1 is 0.667 bits per heavy atom. The van der Waals surface area contributed by atoms with Crippen molar-refractivity contribution in [3.8, 4) is 17.2 Å². The molecule has 0 radical (unpaired) electrons. The van der Waals surface area contributed by atoms with Gasteiger partial charge in [0.2, 0.25) is 0 Å². The number of rotatable bonds is 4. The highest BCUT2D eigenvalue weighted by atomic mass is 16.5. The Labute approximate surface area is 202 Å². The van der Waals surface area contributed by atoms with Crippen LogP contribution in [0.15, 0.2) is 72.8 Å². The van der Waals surface area contributed by atoms with Crippen molar-refractivity contribution >= 4 is 0 Å². The van der Waals surface area contributed by atoms with Gasteiger partial charge in [-0.2, -0.15) is 0 Å². The Kier molecular flexibility index (Phi) is 18.0. The molecular weight excluding hydrogens is 408 g/mol. The Balaban J connectivity index is 0.000000433. The summed E-state index contributed by atoms with van der Waals surface area (Å²) in [5, 5.41) is 0. The molecule has 182 valence electrons. The second-order valence-corrected chi connectivity index (χ2v) is 6.71. The zero-order chi connectivity index (χ0) is 24.9. The van der Waals surface area contributed by atoms with Crippen molar-refractivity contribution in [2.75, 3.05) is 19.8 Å². The van der Waals surface area contributed by atoms with Gasteiger partial charge in [0.05, 0.1) is 19.8 Å². The second kappa shape index (κ2) is 19.7. The van der Waals surface area contributed by atoms with Crippen LogP contribution in [0.25, 0.3) is 0 Å². The number of hydrogen-bond donors (Lipinski definition) is 0. The molecule has 4 rings (SSSR count). The molecule has 0 atom stereocenters. The van der Waals surface area contributed by atoms with Crippen LogP contribution >= 0.6 is 0 Å². The van der Waals surface area contributed by atoms with E-state index in [1.807, 2.05) is 90.1 Å². The van der Waals surface area contributed by atoms with Gasteiger partial charge in [-0.1, -0.05) is 75.7 Å². The summed E-state index contributed by atoms with van der Waals surface area (Å²) >= 11 is 0. The van der Waals surface area contributed by atoms with Crippen LogP contribution in [-0.4, -0.2) is 19.8 Å². The van der Waals surface area contributed by atoms with E-state index < -0.39 is 0 Å². The van der Waals surface area contributed by atoms with Gasteiger partial charge in [-0.05, 0) is 69.2 Å². The summed E-state index contributed by atoms with van der Waals surface area (Å²) in [5.41, 5.74) is 3.93. The van der Waals surface area contributed by atoms with E-state index in [4.69, 9.17) is 14.2 Å². The lowest BCUT2D eigenvalue weighted by Crippen LogP contribution is -1.90. The van der Waals surface area contributed by atoms with Crippen molar-refractivity contribution < 1.29 is 14.2 Å². The fourth-order valence-electron chi connectivity index (χ4n) is 2.87. The van der Waals surface area contributed by atoms with Gasteiger partial charge >= 0.3 is 0 Å². The molecule has 3 heteroatoms. The van der Waals surface area contributed by atoms with Crippen LogP contribution in [0.1, 0.15) is 58.2 Å². The van der Waals surface area contributed by atoms with E-state index in [1.54, 1.807) is 0 Å². The smallest absolute Gasteiger partial charge is 0.122 e. The highest BCUT2D eigenvalue weighted by molar-refractivity contribution is 5.39. The minimum absolute atomic E-state index is 0.740. The monoisotopic (exact) mass is 452 g/mol. The topological polar surface area (TPSA) is 27.7 Å². The molecule has 1 heterocycles. The van der Waals surface area contributed by atoms with E-state index in [0.29, 0.717) is 0 Å². The highest BCUT2D eigenvalue weighted by Crippen LogP contribution is 2.25. The first-order valence-corrected chi connectivity index (χ1v) is 12.2. The van der Waals surface area contributed by atoms with E-state index in [0.717, 1.165) is 43.5 Å². The van der Waals surface area contributed by atoms with E-state index in [9.17, 15) is 0 Å². The first-order valence-electron chi connectivity index (χ1n) is 12.2. The van der Waals surface area contributed by atoms with Gasteiger partial charge in [0.15, 0.2) is 0 Å². The van der Waals surface area contributed by atoms with Gasteiger partial charge < -0.3 is 14.2 Å². The molecule has 0 amide bonds. The van der Waals surface area contributed by atoms with Crippen LogP contribution in [0.3, 0.4) is 0 Å². The van der Waals surface area contributed by atoms with Crippen LogP contribution in [0.5, 0.6) is 17.2 Å². The maximum Gasteiger partial charge on any atom is 0.122 e. The quantitative estimate of drug-likeness (QED) is 0.397. The molecule has 1 aliphatic rings. The van der Waals surface area contributed by atoms with Crippen molar-refractivity contribution in [3.63, 3.8) is 0 Å². The molecule has 1 aliphatic heterocycles. The molecule has 0 bridgehead atoms. The molecule has 0 fully saturated rings. The predicted octanol–water partition coefficient (Wildman–Crippen LogP) is 8.46. The molecule has 0 aromatic heterocycles. The normalized spacial score (nSPS) is 10.1. The average Bonchev–Trinajstić information content (AvgIpc) is 3.31. The minimum Gasteiger partial charge on any atom is -0.494 e. The van der Waals surface area contributed by atoms with Gasteiger partial charge in [-0.3, -0.25) is 0 Å². The molecular formula is C30H44O3. The number of benzene rings is 3. The zero-order valence-electron chi connectivity index (χ0n) is 22.0. The van der Waals surface area contributed by atoms with Gasteiger partial charge in [0.25, 0.3) is 0 Å². The van der Waals surface area contributed by atoms with Crippen molar-refractivity contribution in [2.24, 2.45) is 0 Å². The molecule has 3 aromatic carbocycles. The summed E-state index contributed by atoms with van der Waals surface area (Å²) in [6.45, 7) is 18.5. The van der Waals surface area contributed by atoms with Crippen LogP contribution in [0, 0.1) is 13.8 Å². The van der Waals surface area contributed by atoms with Gasteiger partial charge in [0, 0.05) is 6.42 Å². The highest BCUT2D eigenvalue weighted by Gasteiger charge is 2.10. The third-order valence-corrected chi connectivity index (χ3v) is 4.20. The van der Waals surface area contributed by atoms with Gasteiger partial charge in [-0.25, -0.2) is 0 Å². The number of para-hydroxylation sites is 1. The Morgan fingerprint density at radius 2 is 1.24 bits per heavy atom. The summed E-state index contributed by atoms with van der Waals surface area (Å²) in [6.07, 6.45) is 1.08. The minimum atomic E-state index is 0.740. The lowest BCUT2D eigenvalue weighted by Gasteiger charge is -2.01. The summed E-state index contributed by atoms with van der Waals surface area (Å²) in [6, 6.07) is 24.2. The molecule has 0 saturated heterocycles. The Hall–Kier alpha value is -2.94. The number of aryl methyl sites for hydroxylation is 2. The fraction of sp³-hybridized carbons (Fsp3) is 0.400. The first kappa shape index (κ1) is 30.1. The summed E-state index contributed by atoms with van der Waals surface area (Å²) in [5.74, 6) is 2.98. The van der Waals surface area contributed by atoms with E-state index >= 15 is 0 Å². The molecule has 0 N–H and O–H groups in total. The number of ether oxygens (including phenoxy) is 3. The van der Waals surface area contributed by atoms with Crippen LogP contribution < -0.4 is 14.2 Å². The lowest BCUT2D eigenvalue weighted by atomic mass is 10.1. The largest absolute Gasteiger partial charge is 0.494 e. The van der Waals surface area contributed by atoms with Crippen molar-refractivity contribution in [2.45, 2.75) is 61.8 Å². The maximum atomic E-state index is 5.35. The Bertz CT molecular complexity index is 844. The third-order valence-electron chi connectivity index (χ3n) is 4.20. The molecule has 3 aromatic rings. The number of hydrogen-bond acceptors (Lipinski definition) is 3. The van der Waals surface area contributed by atoms with Crippen LogP contribution in [0.4, 0.5) is 0 Å². The fourth-order valence-corrected chi connectivity index (χ4v) is 2.87. The molecule has 33 heavy (non-hydrogen) atoms. The SMILES string of the molecule is CC.CC.CCOc1cccc(C)c1.CCOc1ccccc1.Cc1ccc2c(c1)CCO2. The predicted molar refractivity (Wildman–Crippen MR) is 143 cm³/mol. The van der Waals surface area contributed by atoms with Crippen LogP contribution in [0.2, 0.25) is 0 Å². The van der Waals surface area contributed by atoms with E-state index in [-0.39, 0.29) is 0 Å². The van der Waals surface area contributed by atoms with Gasteiger partial charge in [0.1, 0.15) is 17.2 Å². The number of fused-ring (bicyclic) bond motifs is 1. The third kappa shape index (κ3) is 13.3. The first-order chi connectivity index (χ1) is 16.1. The Morgan fingerprint density at radius 3 is 1.85 bits per heavy atom. The van der Waals surface area contributed by atoms with E-state index in [1.165, 1.54) is 16.7 Å². The zero-order valence-corrected chi connectivity index (χ0v) is 22.0. The van der Waals surface area contributed by atoms with Crippen LogP contribution in [-0.2, 0) is 6.42 Å². The molecule has 0 spiro atoms. The van der Waals surface area contributed by atoms with Crippen molar-refractivity contribution in [1.29, 1.82) is 0 Å². The summed E-state index contributed by atoms with van der Waals surface area (Å²) < 4.78 is 15.8. The molecule has 3 nitrogen and oxygen atoms in total. The average molecular weight is 453 g/mol. The lowest BCUT2D eigenvalue weighted by molar-refractivity contribution is 0.340. The summed E-state index contributed by atoms with van der Waals surface area (Å²) in [4.78, 5) is 0. The standard InChI is InChI=1S/C9H10O.C9H12O.C8H10O.2C2H6/c1-7-2-3-9-8(6-7)4-5-10-9;1-3-10-9-6-4-5-8(2)7-9;1-2-9-8-6-4-3-5-7-8;2*1-2/h2-3,6H,4-5H2,1H3;4-7H,3H2,1-2H3;3-7H,2H2,1H3;2*1-2H3. The molecule has 0 aliphatic carbocycles. The van der Waals surface area contributed by atoms with E-state index in [2.05, 4.69) is 38.1 Å². The van der Waals surface area contributed by atoms with Crippen molar-refractivity contribution in [1.82, 2.24) is 0 Å². The van der Waals surface area contributed by atoms with Gasteiger partial charge in [-0.15, -0.1) is 0 Å². The molecule has 0 unspecified atom stereocenters.